The first-order chi connectivity index (χ1) is 1.73. The molecule has 0 fully saturated rings. The third-order valence-corrected chi connectivity index (χ3v) is 0. The molecule has 0 aromatic carbocycles. The summed E-state index contributed by atoms with van der Waals surface area (Å²) >= 11 is -3.79. The van der Waals surface area contributed by atoms with Crippen molar-refractivity contribution in [2.24, 2.45) is 0 Å². The normalized spacial score (nSPS) is 7.00. The third kappa shape index (κ3) is 44.1. The van der Waals surface area contributed by atoms with Gasteiger partial charge in [-0.3, -0.25) is 0 Å². The predicted molar refractivity (Wildman–Crippen MR) is 6.44 cm³/mol. The van der Waals surface area contributed by atoms with Crippen LogP contribution in [0.25, 0.3) is 0 Å². The van der Waals surface area contributed by atoms with Crippen LogP contribution in [-0.2, 0) is 18.6 Å². The Morgan fingerprint density at radius 1 is 1.40 bits per heavy atom. The van der Waals surface area contributed by atoms with Gasteiger partial charge in [-0.2, -0.15) is 0 Å². The molecule has 0 aliphatic rings. The first-order valence-electron chi connectivity index (χ1n) is 0.500. The summed E-state index contributed by atoms with van der Waals surface area (Å²) < 4.78 is 25.6. The molecule has 0 N–H and O–H groups in total. The summed E-state index contributed by atoms with van der Waals surface area (Å²) in [6.45, 7) is 0. The number of hydrogen-bond donors (Lipinski definition) is 0. The summed E-state index contributed by atoms with van der Waals surface area (Å²) in [4.78, 5) is 0. The monoisotopic (exact) mass is 124 g/mol. The first-order valence-corrected chi connectivity index (χ1v) is 2.06. The molecule has 0 heterocycles. The van der Waals surface area contributed by atoms with Gasteiger partial charge in [0, 0.05) is 0 Å². The Labute approximate surface area is 50.0 Å². The average molecular weight is 124 g/mol. The van der Waals surface area contributed by atoms with Gasteiger partial charge in [-0.15, -0.1) is 0 Å². The van der Waals surface area contributed by atoms with Crippen molar-refractivity contribution >= 4 is 23.1 Å². The van der Waals surface area contributed by atoms with Gasteiger partial charge >= 0.3 is 49.9 Å². The molecule has 0 saturated carbocycles. The van der Waals surface area contributed by atoms with E-state index in [0.29, 0.717) is 0 Å². The van der Waals surface area contributed by atoms with E-state index in [4.69, 9.17) is 12.1 Å². The van der Waals surface area contributed by atoms with Crippen molar-refractivity contribution in [1.82, 2.24) is 0 Å². The minimum atomic E-state index is -3.79. The summed E-state index contributed by atoms with van der Waals surface area (Å²) in [6, 6.07) is 0. The fourth-order valence-electron chi connectivity index (χ4n) is 0. The van der Waals surface area contributed by atoms with Crippen LogP contribution in [0.1, 0.15) is 0 Å². The topological polar surface area (TPSA) is 63.2 Å². The SMILES string of the molecule is [Mg+2].[O]=[Cr]([O-])[O-]. The van der Waals surface area contributed by atoms with E-state index in [0.717, 1.165) is 0 Å². The Morgan fingerprint density at radius 2 is 1.40 bits per heavy atom. The molecule has 0 spiro atoms. The summed E-state index contributed by atoms with van der Waals surface area (Å²) in [7, 11) is 0. The Bertz CT molecular complexity index is 29.9. The molecule has 0 aromatic rings. The molecule has 26 valence electrons. The molecule has 0 radical (unpaired) electrons. The zero-order valence-electron chi connectivity index (χ0n) is 2.34. The van der Waals surface area contributed by atoms with Crippen LogP contribution in [0.2, 0.25) is 0 Å². The number of hydrogen-bond acceptors (Lipinski definition) is 3. The van der Waals surface area contributed by atoms with E-state index in [9.17, 15) is 0 Å². The van der Waals surface area contributed by atoms with Gasteiger partial charge in [0.25, 0.3) is 0 Å². The molecule has 5 heavy (non-hydrogen) atoms. The summed E-state index contributed by atoms with van der Waals surface area (Å²) in [5.41, 5.74) is 0. The predicted octanol–water partition coefficient (Wildman–Crippen LogP) is -2.88. The van der Waals surface area contributed by atoms with Gasteiger partial charge in [-0.05, 0) is 0 Å². The maximum atomic E-state index is 8.54. The Morgan fingerprint density at radius 3 is 1.40 bits per heavy atom. The maximum absolute atomic E-state index is 8.54. The van der Waals surface area contributed by atoms with Crippen LogP contribution in [0.3, 0.4) is 0 Å². The minimum absolute atomic E-state index is 0. The molecular formula is CrMgO3. The van der Waals surface area contributed by atoms with Crippen LogP contribution < -0.4 is 8.32 Å². The third-order valence-electron chi connectivity index (χ3n) is 0. The molecule has 0 amide bonds. The Kier molecular flexibility index (Phi) is 9.42. The number of rotatable bonds is 0. The molecule has 3 nitrogen and oxygen atoms in total. The van der Waals surface area contributed by atoms with Crippen molar-refractivity contribution < 1.29 is 26.9 Å². The molecule has 0 unspecified atom stereocenters. The van der Waals surface area contributed by atoms with Crippen LogP contribution in [-0.4, -0.2) is 23.1 Å². The van der Waals surface area contributed by atoms with Gasteiger partial charge in [0.05, 0.1) is 0 Å². The van der Waals surface area contributed by atoms with Crippen molar-refractivity contribution in [1.29, 1.82) is 0 Å². The van der Waals surface area contributed by atoms with Crippen molar-refractivity contribution in [3.63, 3.8) is 0 Å². The van der Waals surface area contributed by atoms with Crippen LogP contribution in [0, 0.1) is 0 Å². The van der Waals surface area contributed by atoms with Crippen molar-refractivity contribution in [3.8, 4) is 0 Å². The molecule has 0 aliphatic carbocycles. The molecule has 5 heteroatoms. The molecule has 0 bridgehead atoms. The van der Waals surface area contributed by atoms with Gasteiger partial charge in [-0.25, -0.2) is 0 Å². The van der Waals surface area contributed by atoms with Crippen molar-refractivity contribution in [2.75, 3.05) is 0 Å². The second-order valence-electron chi connectivity index (χ2n) is 0.204. The fourth-order valence-corrected chi connectivity index (χ4v) is 0. The van der Waals surface area contributed by atoms with E-state index in [-0.39, 0.29) is 23.1 Å². The fraction of sp³-hybridized carbons (Fsp3) is 0. The average Bonchev–Trinajstić information content (AvgIpc) is 0.811. The van der Waals surface area contributed by atoms with Gasteiger partial charge in [0.1, 0.15) is 0 Å². The van der Waals surface area contributed by atoms with E-state index in [1.54, 1.807) is 0 Å². The molecule has 0 saturated heterocycles. The molecule has 0 atom stereocenters. The summed E-state index contributed by atoms with van der Waals surface area (Å²) in [5.74, 6) is 0. The summed E-state index contributed by atoms with van der Waals surface area (Å²) in [5, 5.41) is 0. The molecule has 0 aliphatic heterocycles. The zero-order valence-corrected chi connectivity index (χ0v) is 5.03. The van der Waals surface area contributed by atoms with Gasteiger partial charge in [-0.1, -0.05) is 0 Å². The van der Waals surface area contributed by atoms with Crippen LogP contribution in [0.15, 0.2) is 0 Å². The molecule has 0 rings (SSSR count). The standard InChI is InChI=1S/Cr.Mg.3O/q;+2;;2*-1. The van der Waals surface area contributed by atoms with E-state index in [1.807, 2.05) is 0 Å². The molecular weight excluding hydrogens is 124 g/mol. The summed E-state index contributed by atoms with van der Waals surface area (Å²) in [6.07, 6.45) is 0. The van der Waals surface area contributed by atoms with Gasteiger partial charge in [0.2, 0.25) is 0 Å². The quantitative estimate of drug-likeness (QED) is 0.326. The van der Waals surface area contributed by atoms with Crippen molar-refractivity contribution in [3.05, 3.63) is 0 Å². The van der Waals surface area contributed by atoms with E-state index < -0.39 is 14.8 Å². The van der Waals surface area contributed by atoms with Crippen LogP contribution in [0.4, 0.5) is 0 Å². The van der Waals surface area contributed by atoms with E-state index in [1.165, 1.54) is 0 Å². The zero-order chi connectivity index (χ0) is 3.58. The van der Waals surface area contributed by atoms with Gasteiger partial charge in [0.15, 0.2) is 0 Å². The second-order valence-corrected chi connectivity index (χ2v) is 0.842. The van der Waals surface area contributed by atoms with E-state index in [2.05, 4.69) is 0 Å². The van der Waals surface area contributed by atoms with Gasteiger partial charge < -0.3 is 0 Å². The van der Waals surface area contributed by atoms with Crippen LogP contribution >= 0.6 is 0 Å². The Hall–Kier alpha value is 1.02. The van der Waals surface area contributed by atoms with Crippen LogP contribution in [0.5, 0.6) is 0 Å². The second kappa shape index (κ2) is 5.02. The van der Waals surface area contributed by atoms with E-state index >= 15 is 0 Å². The van der Waals surface area contributed by atoms with Crippen molar-refractivity contribution in [2.45, 2.75) is 0 Å². The molecule has 0 aromatic heterocycles. The first kappa shape index (κ1) is 9.39. The Balaban J connectivity index is 0.